The molecule has 2 aromatic heterocycles. The summed E-state index contributed by atoms with van der Waals surface area (Å²) in [5.74, 6) is 0.0416. The lowest BCUT2D eigenvalue weighted by Crippen LogP contribution is -2.11. The summed E-state index contributed by atoms with van der Waals surface area (Å²) in [6.07, 6.45) is 0. The molecule has 1 amide bonds. The summed E-state index contributed by atoms with van der Waals surface area (Å²) >= 11 is 1.29. The van der Waals surface area contributed by atoms with Crippen molar-refractivity contribution in [2.75, 3.05) is 12.4 Å². The number of ether oxygens (including phenoxy) is 2. The lowest BCUT2D eigenvalue weighted by atomic mass is 10.1. The highest BCUT2D eigenvalue weighted by Crippen LogP contribution is 2.31. The zero-order chi connectivity index (χ0) is 19.4. The van der Waals surface area contributed by atoms with E-state index >= 15 is 0 Å². The van der Waals surface area contributed by atoms with Crippen molar-refractivity contribution < 1.29 is 27.6 Å². The number of hydrogen-bond donors (Lipinski definition) is 1. The first-order chi connectivity index (χ1) is 13.0. The maximum absolute atomic E-state index is 12.2. The number of halogens is 2. The molecule has 0 fully saturated rings. The van der Waals surface area contributed by atoms with E-state index in [0.717, 1.165) is 10.4 Å². The number of nitrogens with zero attached hydrogens (tertiary/aromatic N) is 2. The van der Waals surface area contributed by atoms with Crippen LogP contribution >= 0.6 is 11.3 Å². The second kappa shape index (κ2) is 8.23. The first-order valence-corrected chi connectivity index (χ1v) is 8.56. The van der Waals surface area contributed by atoms with Crippen molar-refractivity contribution in [2.24, 2.45) is 0 Å². The van der Waals surface area contributed by atoms with Gasteiger partial charge in [0, 0.05) is 23.6 Å². The molecule has 0 spiro atoms. The Morgan fingerprint density at radius 1 is 1.33 bits per heavy atom. The van der Waals surface area contributed by atoms with Gasteiger partial charge >= 0.3 is 6.61 Å². The summed E-state index contributed by atoms with van der Waals surface area (Å²) in [7, 11) is 1.51. The van der Waals surface area contributed by atoms with Crippen molar-refractivity contribution in [1.82, 2.24) is 10.1 Å². The molecule has 10 heteroatoms. The molecule has 0 aliphatic rings. The first-order valence-electron chi connectivity index (χ1n) is 7.75. The molecule has 0 radical (unpaired) electrons. The van der Waals surface area contributed by atoms with Gasteiger partial charge in [0.15, 0.2) is 16.6 Å². The number of rotatable bonds is 7. The van der Waals surface area contributed by atoms with Crippen LogP contribution in [0, 0.1) is 6.92 Å². The minimum atomic E-state index is -2.88. The highest BCUT2D eigenvalue weighted by Gasteiger charge is 2.16. The Balaban J connectivity index is 1.72. The third-order valence-electron chi connectivity index (χ3n) is 3.45. The largest absolute Gasteiger partial charge is 0.435 e. The van der Waals surface area contributed by atoms with Gasteiger partial charge in [0.1, 0.15) is 12.4 Å². The fourth-order valence-corrected chi connectivity index (χ4v) is 3.13. The maximum Gasteiger partial charge on any atom is 0.387 e. The van der Waals surface area contributed by atoms with Gasteiger partial charge in [-0.05, 0) is 31.2 Å². The number of anilines is 1. The molecule has 0 bridgehead atoms. The molecule has 1 aromatic carbocycles. The second-order valence-corrected chi connectivity index (χ2v) is 6.60. The van der Waals surface area contributed by atoms with E-state index in [9.17, 15) is 13.6 Å². The van der Waals surface area contributed by atoms with Crippen molar-refractivity contribution >= 4 is 22.4 Å². The Labute approximate surface area is 156 Å². The van der Waals surface area contributed by atoms with Gasteiger partial charge in [-0.15, -0.1) is 11.3 Å². The van der Waals surface area contributed by atoms with Crippen molar-refractivity contribution in [3.63, 3.8) is 0 Å². The average molecular weight is 395 g/mol. The smallest absolute Gasteiger partial charge is 0.387 e. The number of alkyl halides is 2. The number of thiazole rings is 1. The molecule has 2 heterocycles. The van der Waals surface area contributed by atoms with Gasteiger partial charge in [0.2, 0.25) is 0 Å². The molecule has 0 aliphatic heterocycles. The minimum absolute atomic E-state index is 0.0630. The highest BCUT2D eigenvalue weighted by atomic mass is 32.1. The van der Waals surface area contributed by atoms with Crippen LogP contribution in [0.3, 0.4) is 0 Å². The van der Waals surface area contributed by atoms with Crippen molar-refractivity contribution in [3.8, 4) is 17.0 Å². The maximum atomic E-state index is 12.2. The molecule has 142 valence electrons. The fraction of sp³-hybridized carbons (Fsp3) is 0.235. The Morgan fingerprint density at radius 3 is 2.74 bits per heavy atom. The van der Waals surface area contributed by atoms with E-state index in [1.807, 2.05) is 6.92 Å². The molecule has 0 saturated carbocycles. The van der Waals surface area contributed by atoms with Crippen LogP contribution in [0.25, 0.3) is 11.3 Å². The normalized spacial score (nSPS) is 11.0. The molecule has 3 aromatic rings. The van der Waals surface area contributed by atoms with Crippen molar-refractivity contribution in [2.45, 2.75) is 20.1 Å². The van der Waals surface area contributed by atoms with Crippen LogP contribution in [0.15, 0.2) is 34.9 Å². The summed E-state index contributed by atoms with van der Waals surface area (Å²) in [6.45, 7) is -0.815. The summed E-state index contributed by atoms with van der Waals surface area (Å²) in [5.41, 5.74) is 1.47. The van der Waals surface area contributed by atoms with Gasteiger partial charge in [-0.1, -0.05) is 5.16 Å². The van der Waals surface area contributed by atoms with E-state index in [-0.39, 0.29) is 18.1 Å². The first kappa shape index (κ1) is 18.9. The predicted molar refractivity (Wildman–Crippen MR) is 94.1 cm³/mol. The minimum Gasteiger partial charge on any atom is -0.435 e. The molecular weight excluding hydrogens is 380 g/mol. The summed E-state index contributed by atoms with van der Waals surface area (Å²) in [4.78, 5) is 17.5. The van der Waals surface area contributed by atoms with Gasteiger partial charge in [0.05, 0.1) is 5.69 Å². The third kappa shape index (κ3) is 4.66. The van der Waals surface area contributed by atoms with E-state index in [0.29, 0.717) is 16.6 Å². The average Bonchev–Trinajstić information content (AvgIpc) is 3.22. The number of carbonyl (C=O) groups excluding carboxylic acids is 1. The van der Waals surface area contributed by atoms with Crippen LogP contribution in [0.1, 0.15) is 21.1 Å². The van der Waals surface area contributed by atoms with E-state index < -0.39 is 12.5 Å². The van der Waals surface area contributed by atoms with E-state index in [4.69, 9.17) is 9.26 Å². The van der Waals surface area contributed by atoms with Gasteiger partial charge in [-0.25, -0.2) is 4.98 Å². The van der Waals surface area contributed by atoms with E-state index in [1.165, 1.54) is 36.6 Å². The fourth-order valence-electron chi connectivity index (χ4n) is 2.30. The third-order valence-corrected chi connectivity index (χ3v) is 4.33. The summed E-state index contributed by atoms with van der Waals surface area (Å²) in [5, 5.41) is 6.74. The van der Waals surface area contributed by atoms with Crippen LogP contribution in [0.2, 0.25) is 0 Å². The second-order valence-electron chi connectivity index (χ2n) is 5.39. The Morgan fingerprint density at radius 2 is 2.07 bits per heavy atom. The molecule has 0 saturated heterocycles. The lowest BCUT2D eigenvalue weighted by Gasteiger charge is -2.05. The Hall–Kier alpha value is -2.85. The van der Waals surface area contributed by atoms with E-state index in [2.05, 4.69) is 20.2 Å². The van der Waals surface area contributed by atoms with Gasteiger partial charge in [-0.3, -0.25) is 10.1 Å². The van der Waals surface area contributed by atoms with E-state index in [1.54, 1.807) is 12.1 Å². The molecule has 0 atom stereocenters. The Bertz CT molecular complexity index is 925. The SMILES string of the molecule is COCc1cc(C(=O)Nc2nc(-c3ccc(OC(F)F)cc3)c(C)s2)no1. The molecule has 0 unspecified atom stereocenters. The van der Waals surface area contributed by atoms with Gasteiger partial charge < -0.3 is 14.0 Å². The predicted octanol–water partition coefficient (Wildman–Crippen LogP) is 4.11. The lowest BCUT2D eigenvalue weighted by molar-refractivity contribution is -0.0498. The topological polar surface area (TPSA) is 86.5 Å². The van der Waals surface area contributed by atoms with Crippen LogP contribution in [-0.2, 0) is 11.3 Å². The molecule has 0 aliphatic carbocycles. The van der Waals surface area contributed by atoms with Crippen LogP contribution in [-0.4, -0.2) is 29.8 Å². The highest BCUT2D eigenvalue weighted by molar-refractivity contribution is 7.16. The molecule has 3 rings (SSSR count). The number of benzene rings is 1. The number of hydrogen-bond acceptors (Lipinski definition) is 7. The zero-order valence-electron chi connectivity index (χ0n) is 14.4. The molecule has 27 heavy (non-hydrogen) atoms. The number of nitrogens with one attached hydrogen (secondary N) is 1. The summed E-state index contributed by atoms with van der Waals surface area (Å²) < 4.78 is 38.7. The van der Waals surface area contributed by atoms with Crippen LogP contribution in [0.5, 0.6) is 5.75 Å². The molecular formula is C17H15F2N3O4S. The molecule has 1 N–H and O–H groups in total. The monoisotopic (exact) mass is 395 g/mol. The molecule has 7 nitrogen and oxygen atoms in total. The number of aromatic nitrogens is 2. The zero-order valence-corrected chi connectivity index (χ0v) is 15.2. The standard InChI is InChI=1S/C17H15F2N3O4S/c1-9-14(10-3-5-11(6-4-10)25-16(18)19)20-17(27-9)21-15(23)13-7-12(8-24-2)26-22-13/h3-7,16H,8H2,1-2H3,(H,20,21,23). The van der Waals surface area contributed by atoms with Crippen molar-refractivity contribution in [1.29, 1.82) is 0 Å². The Kier molecular flexibility index (Phi) is 5.77. The number of aryl methyl sites for hydroxylation is 1. The number of carbonyl (C=O) groups is 1. The van der Waals surface area contributed by atoms with Gasteiger partial charge in [-0.2, -0.15) is 8.78 Å². The van der Waals surface area contributed by atoms with Gasteiger partial charge in [0.25, 0.3) is 5.91 Å². The quantitative estimate of drug-likeness (QED) is 0.648. The summed E-state index contributed by atoms with van der Waals surface area (Å²) in [6, 6.07) is 7.61. The van der Waals surface area contributed by atoms with Crippen LogP contribution < -0.4 is 10.1 Å². The number of amides is 1. The number of methoxy groups -OCH3 is 1. The van der Waals surface area contributed by atoms with Crippen molar-refractivity contribution in [3.05, 3.63) is 46.7 Å². The van der Waals surface area contributed by atoms with Crippen LogP contribution in [0.4, 0.5) is 13.9 Å².